The third-order valence-corrected chi connectivity index (χ3v) is 3.01. The van der Waals surface area contributed by atoms with Gasteiger partial charge in [-0.1, -0.05) is 17.7 Å². The fraction of sp³-hybridized carbons (Fsp3) is 0.0833. The van der Waals surface area contributed by atoms with Crippen LogP contribution in [0, 0.1) is 6.92 Å². The van der Waals surface area contributed by atoms with Crippen LogP contribution >= 0.6 is 11.6 Å². The maximum Gasteiger partial charge on any atom is 0.242 e. The van der Waals surface area contributed by atoms with Gasteiger partial charge < -0.3 is 4.74 Å². The fourth-order valence-electron chi connectivity index (χ4n) is 1.74. The minimum absolute atomic E-state index is 0.223. The van der Waals surface area contributed by atoms with Crippen LogP contribution in [0.3, 0.4) is 0 Å². The molecule has 2 heterocycles. The van der Waals surface area contributed by atoms with E-state index in [0.29, 0.717) is 27.7 Å². The van der Waals surface area contributed by atoms with Crippen molar-refractivity contribution in [3.8, 4) is 11.6 Å². The van der Waals surface area contributed by atoms with Crippen LogP contribution in [0.1, 0.15) is 5.56 Å². The Morgan fingerprint density at radius 1 is 1.35 bits per heavy atom. The number of hydrazine groups is 1. The van der Waals surface area contributed by atoms with Gasteiger partial charge in [-0.05, 0) is 24.6 Å². The predicted octanol–water partition coefficient (Wildman–Crippen LogP) is 2.39. The zero-order valence-corrected chi connectivity index (χ0v) is 11.3. The highest BCUT2D eigenvalue weighted by atomic mass is 35.5. The number of halogens is 1. The van der Waals surface area contributed by atoms with E-state index in [1.54, 1.807) is 12.3 Å². The zero-order chi connectivity index (χ0) is 14.1. The SMILES string of the molecule is Cc1ccc(Cl)c(Oc2nc(NN)nc3[nH]ncc23)c1. The summed E-state index contributed by atoms with van der Waals surface area (Å²) in [7, 11) is 0. The molecule has 102 valence electrons. The number of hydrogen-bond acceptors (Lipinski definition) is 6. The second-order valence-corrected chi connectivity index (χ2v) is 4.57. The van der Waals surface area contributed by atoms with Crippen LogP contribution < -0.4 is 16.0 Å². The number of nitrogen functional groups attached to an aromatic ring is 1. The molecule has 0 radical (unpaired) electrons. The number of hydrogen-bond donors (Lipinski definition) is 3. The van der Waals surface area contributed by atoms with Crippen molar-refractivity contribution in [2.75, 3.05) is 5.43 Å². The summed E-state index contributed by atoms with van der Waals surface area (Å²) in [6.45, 7) is 1.95. The van der Waals surface area contributed by atoms with Crippen LogP contribution in [0.2, 0.25) is 5.02 Å². The second kappa shape index (κ2) is 4.95. The molecule has 0 saturated carbocycles. The van der Waals surface area contributed by atoms with Gasteiger partial charge in [0.05, 0.1) is 11.2 Å². The fourth-order valence-corrected chi connectivity index (χ4v) is 1.90. The first-order chi connectivity index (χ1) is 9.67. The molecule has 1 aromatic carbocycles. The molecule has 0 aliphatic heterocycles. The minimum atomic E-state index is 0.223. The number of nitrogens with one attached hydrogen (secondary N) is 2. The normalized spacial score (nSPS) is 10.8. The third kappa shape index (κ3) is 2.24. The van der Waals surface area contributed by atoms with Crippen LogP contribution in [-0.2, 0) is 0 Å². The van der Waals surface area contributed by atoms with Gasteiger partial charge in [-0.3, -0.25) is 10.5 Å². The number of aryl methyl sites for hydroxylation is 1. The summed E-state index contributed by atoms with van der Waals surface area (Å²) in [5, 5.41) is 7.78. The summed E-state index contributed by atoms with van der Waals surface area (Å²) in [4.78, 5) is 8.29. The number of nitrogens with two attached hydrogens (primary N) is 1. The monoisotopic (exact) mass is 290 g/mol. The Morgan fingerprint density at radius 2 is 2.20 bits per heavy atom. The highest BCUT2D eigenvalue weighted by molar-refractivity contribution is 6.32. The highest BCUT2D eigenvalue weighted by Crippen LogP contribution is 2.32. The molecule has 0 bridgehead atoms. The molecule has 3 aromatic rings. The number of aromatic amines is 1. The van der Waals surface area contributed by atoms with Gasteiger partial charge in [0.25, 0.3) is 0 Å². The molecule has 20 heavy (non-hydrogen) atoms. The van der Waals surface area contributed by atoms with Crippen LogP contribution in [0.25, 0.3) is 11.0 Å². The molecule has 0 aliphatic carbocycles. The quantitative estimate of drug-likeness (QED) is 0.506. The summed E-state index contributed by atoms with van der Waals surface area (Å²) in [6, 6.07) is 5.49. The average molecular weight is 291 g/mol. The number of fused-ring (bicyclic) bond motifs is 1. The molecule has 2 aromatic heterocycles. The van der Waals surface area contributed by atoms with Crippen molar-refractivity contribution in [2.24, 2.45) is 5.84 Å². The van der Waals surface area contributed by atoms with Gasteiger partial charge >= 0.3 is 0 Å². The number of aromatic nitrogens is 4. The summed E-state index contributed by atoms with van der Waals surface area (Å²) in [5.41, 5.74) is 3.93. The minimum Gasteiger partial charge on any atom is -0.436 e. The van der Waals surface area contributed by atoms with Crippen LogP contribution in [0.5, 0.6) is 11.6 Å². The molecular weight excluding hydrogens is 280 g/mol. The maximum absolute atomic E-state index is 6.11. The topological polar surface area (TPSA) is 102 Å². The molecule has 0 aliphatic rings. The summed E-state index contributed by atoms with van der Waals surface area (Å²) >= 11 is 6.11. The van der Waals surface area contributed by atoms with Gasteiger partial charge in [-0.15, -0.1) is 0 Å². The molecular formula is C12H11ClN6O. The van der Waals surface area contributed by atoms with E-state index in [4.69, 9.17) is 22.2 Å². The number of nitrogens with zero attached hydrogens (tertiary/aromatic N) is 3. The molecule has 4 N–H and O–H groups in total. The largest absolute Gasteiger partial charge is 0.436 e. The lowest BCUT2D eigenvalue weighted by Gasteiger charge is -2.09. The van der Waals surface area contributed by atoms with E-state index in [1.807, 2.05) is 19.1 Å². The molecule has 7 nitrogen and oxygen atoms in total. The molecule has 0 saturated heterocycles. The van der Waals surface area contributed by atoms with Crippen LogP contribution in [0.15, 0.2) is 24.4 Å². The first-order valence-electron chi connectivity index (χ1n) is 5.79. The van der Waals surface area contributed by atoms with E-state index < -0.39 is 0 Å². The Morgan fingerprint density at radius 3 is 3.00 bits per heavy atom. The second-order valence-electron chi connectivity index (χ2n) is 4.16. The maximum atomic E-state index is 6.11. The lowest BCUT2D eigenvalue weighted by molar-refractivity contribution is 0.469. The molecule has 0 amide bonds. The van der Waals surface area contributed by atoms with Crippen LogP contribution in [-0.4, -0.2) is 20.2 Å². The van der Waals surface area contributed by atoms with E-state index in [9.17, 15) is 0 Å². The van der Waals surface area contributed by atoms with Crippen molar-refractivity contribution in [3.63, 3.8) is 0 Å². The summed E-state index contributed by atoms with van der Waals surface area (Å²) in [6.07, 6.45) is 1.58. The van der Waals surface area contributed by atoms with Crippen molar-refractivity contribution in [1.29, 1.82) is 0 Å². The number of rotatable bonds is 3. The van der Waals surface area contributed by atoms with E-state index in [-0.39, 0.29) is 5.95 Å². The van der Waals surface area contributed by atoms with Gasteiger partial charge in [0.2, 0.25) is 11.8 Å². The predicted molar refractivity (Wildman–Crippen MR) is 75.8 cm³/mol. The lowest BCUT2D eigenvalue weighted by Crippen LogP contribution is -2.10. The van der Waals surface area contributed by atoms with Gasteiger partial charge in [0.1, 0.15) is 11.1 Å². The third-order valence-electron chi connectivity index (χ3n) is 2.70. The molecule has 0 spiro atoms. The number of ether oxygens (including phenoxy) is 1. The summed E-state index contributed by atoms with van der Waals surface area (Å²) in [5.74, 6) is 6.39. The summed E-state index contributed by atoms with van der Waals surface area (Å²) < 4.78 is 5.77. The molecule has 0 atom stereocenters. The van der Waals surface area contributed by atoms with Crippen molar-refractivity contribution in [2.45, 2.75) is 6.92 Å². The van der Waals surface area contributed by atoms with Crippen molar-refractivity contribution in [3.05, 3.63) is 35.0 Å². The number of benzene rings is 1. The Balaban J connectivity index is 2.09. The van der Waals surface area contributed by atoms with Crippen LogP contribution in [0.4, 0.5) is 5.95 Å². The molecule has 8 heteroatoms. The molecule has 0 fully saturated rings. The van der Waals surface area contributed by atoms with Gasteiger partial charge in [0.15, 0.2) is 5.65 Å². The van der Waals surface area contributed by atoms with E-state index >= 15 is 0 Å². The van der Waals surface area contributed by atoms with Crippen molar-refractivity contribution < 1.29 is 4.74 Å². The van der Waals surface area contributed by atoms with E-state index in [2.05, 4.69) is 25.6 Å². The Labute approximate surface area is 119 Å². The van der Waals surface area contributed by atoms with Gasteiger partial charge in [-0.2, -0.15) is 15.1 Å². The van der Waals surface area contributed by atoms with Gasteiger partial charge in [0, 0.05) is 0 Å². The van der Waals surface area contributed by atoms with Gasteiger partial charge in [-0.25, -0.2) is 5.84 Å². The van der Waals surface area contributed by atoms with E-state index in [0.717, 1.165) is 5.56 Å². The molecule has 3 rings (SSSR count). The van der Waals surface area contributed by atoms with Crippen molar-refractivity contribution >= 4 is 28.6 Å². The number of H-pyrrole nitrogens is 1. The Hall–Kier alpha value is -2.38. The number of anilines is 1. The average Bonchev–Trinajstić information content (AvgIpc) is 2.91. The zero-order valence-electron chi connectivity index (χ0n) is 10.5. The molecule has 0 unspecified atom stereocenters. The first-order valence-corrected chi connectivity index (χ1v) is 6.17. The standard InChI is InChI=1S/C12H11ClN6O/c1-6-2-3-8(13)9(4-6)20-11-7-5-15-19-10(7)16-12(17-11)18-14/h2-5H,14H2,1H3,(H2,15,16,17,18,19). The first kappa shape index (κ1) is 12.6. The Kier molecular flexibility index (Phi) is 3.13. The Bertz CT molecular complexity index is 772. The van der Waals surface area contributed by atoms with E-state index in [1.165, 1.54) is 0 Å². The highest BCUT2D eigenvalue weighted by Gasteiger charge is 2.12. The smallest absolute Gasteiger partial charge is 0.242 e. The lowest BCUT2D eigenvalue weighted by atomic mass is 10.2. The van der Waals surface area contributed by atoms with Crippen molar-refractivity contribution in [1.82, 2.24) is 20.2 Å².